The van der Waals surface area contributed by atoms with Crippen molar-refractivity contribution in [3.05, 3.63) is 80.3 Å². The molecule has 0 radical (unpaired) electrons. The van der Waals surface area contributed by atoms with E-state index in [-0.39, 0.29) is 5.56 Å². The molecule has 0 bridgehead atoms. The van der Waals surface area contributed by atoms with Gasteiger partial charge in [0, 0.05) is 29.8 Å². The predicted molar refractivity (Wildman–Crippen MR) is 95.8 cm³/mol. The minimum Gasteiger partial charge on any atom is -0.296 e. The fourth-order valence-corrected chi connectivity index (χ4v) is 2.99. The van der Waals surface area contributed by atoms with Gasteiger partial charge in [-0.2, -0.15) is 13.2 Å². The van der Waals surface area contributed by atoms with Crippen molar-refractivity contribution in [3.63, 3.8) is 0 Å². The van der Waals surface area contributed by atoms with Crippen molar-refractivity contribution < 1.29 is 13.2 Å². The summed E-state index contributed by atoms with van der Waals surface area (Å²) in [6, 6.07) is 10.1. The quantitative estimate of drug-likeness (QED) is 0.631. The van der Waals surface area contributed by atoms with Gasteiger partial charge in [-0.3, -0.25) is 14.1 Å². The Balaban J connectivity index is 1.74. The first-order chi connectivity index (χ1) is 12.2. The predicted octanol–water partition coefficient (Wildman–Crippen LogP) is 4.11. The molecule has 0 spiro atoms. The number of nitrogens with zero attached hydrogens (tertiary/aromatic N) is 3. The number of halogens is 4. The zero-order valence-electron chi connectivity index (χ0n) is 13.8. The van der Waals surface area contributed by atoms with E-state index in [1.54, 1.807) is 18.3 Å². The lowest BCUT2D eigenvalue weighted by atomic mass is 10.1. The minimum atomic E-state index is -4.34. The number of pyridine rings is 1. The van der Waals surface area contributed by atoms with Crippen LogP contribution < -0.4 is 5.56 Å². The lowest BCUT2D eigenvalue weighted by Crippen LogP contribution is -2.22. The summed E-state index contributed by atoms with van der Waals surface area (Å²) >= 11 is 3.31. The molecular weight excluding hydrogens is 411 g/mol. The summed E-state index contributed by atoms with van der Waals surface area (Å²) in [5, 5.41) is 0. The van der Waals surface area contributed by atoms with E-state index in [0.717, 1.165) is 22.2 Å². The van der Waals surface area contributed by atoms with Crippen molar-refractivity contribution in [2.75, 3.05) is 7.05 Å². The molecule has 0 fully saturated rings. The van der Waals surface area contributed by atoms with E-state index in [4.69, 9.17) is 0 Å². The van der Waals surface area contributed by atoms with Gasteiger partial charge in [0.1, 0.15) is 5.65 Å². The smallest absolute Gasteiger partial charge is 0.296 e. The Bertz CT molecular complexity index is 984. The third kappa shape index (κ3) is 4.31. The standard InChI is InChI=1S/C18H15BrF3N3O/c1-24(9-12-2-4-13(5-3-12)18(20,21)22)11-15-8-17(26)25-10-14(19)6-7-16(25)23-15/h2-8,10H,9,11H2,1H3. The molecule has 0 N–H and O–H groups in total. The number of hydrogen-bond acceptors (Lipinski definition) is 3. The molecule has 4 nitrogen and oxygen atoms in total. The molecule has 0 saturated carbocycles. The first kappa shape index (κ1) is 18.6. The summed E-state index contributed by atoms with van der Waals surface area (Å²) in [5.74, 6) is 0. The lowest BCUT2D eigenvalue weighted by molar-refractivity contribution is -0.137. The van der Waals surface area contributed by atoms with Gasteiger partial charge in [0.2, 0.25) is 0 Å². The largest absolute Gasteiger partial charge is 0.416 e. The maximum absolute atomic E-state index is 12.6. The topological polar surface area (TPSA) is 37.6 Å². The van der Waals surface area contributed by atoms with Crippen LogP contribution in [0, 0.1) is 0 Å². The fourth-order valence-electron chi connectivity index (χ4n) is 2.65. The highest BCUT2D eigenvalue weighted by molar-refractivity contribution is 9.10. The summed E-state index contributed by atoms with van der Waals surface area (Å²) in [6.07, 6.45) is -2.68. The summed E-state index contributed by atoms with van der Waals surface area (Å²) in [5.41, 5.74) is 1.04. The van der Waals surface area contributed by atoms with E-state index in [2.05, 4.69) is 20.9 Å². The highest BCUT2D eigenvalue weighted by Gasteiger charge is 2.29. The van der Waals surface area contributed by atoms with E-state index in [0.29, 0.717) is 24.4 Å². The van der Waals surface area contributed by atoms with Gasteiger partial charge in [0.15, 0.2) is 0 Å². The molecule has 0 aliphatic heterocycles. The van der Waals surface area contributed by atoms with Gasteiger partial charge in [-0.15, -0.1) is 0 Å². The van der Waals surface area contributed by atoms with Crippen LogP contribution in [0.2, 0.25) is 0 Å². The molecule has 0 atom stereocenters. The average molecular weight is 426 g/mol. The molecule has 136 valence electrons. The van der Waals surface area contributed by atoms with E-state index in [1.165, 1.54) is 22.6 Å². The van der Waals surface area contributed by atoms with Gasteiger partial charge in [0.25, 0.3) is 5.56 Å². The van der Waals surface area contributed by atoms with E-state index in [1.807, 2.05) is 11.9 Å². The van der Waals surface area contributed by atoms with Crippen molar-refractivity contribution in [2.24, 2.45) is 0 Å². The van der Waals surface area contributed by atoms with Gasteiger partial charge < -0.3 is 0 Å². The van der Waals surface area contributed by atoms with Crippen LogP contribution in [0.1, 0.15) is 16.8 Å². The van der Waals surface area contributed by atoms with Crippen LogP contribution in [0.15, 0.2) is 57.9 Å². The van der Waals surface area contributed by atoms with Crippen molar-refractivity contribution in [2.45, 2.75) is 19.3 Å². The molecule has 26 heavy (non-hydrogen) atoms. The maximum atomic E-state index is 12.6. The first-order valence-corrected chi connectivity index (χ1v) is 8.54. The van der Waals surface area contributed by atoms with Crippen LogP contribution in [-0.4, -0.2) is 21.3 Å². The van der Waals surface area contributed by atoms with Crippen molar-refractivity contribution in [1.29, 1.82) is 0 Å². The molecule has 0 aliphatic carbocycles. The van der Waals surface area contributed by atoms with E-state index < -0.39 is 11.7 Å². The molecule has 0 amide bonds. The van der Waals surface area contributed by atoms with Crippen LogP contribution in [0.5, 0.6) is 0 Å². The average Bonchev–Trinajstić information content (AvgIpc) is 2.55. The zero-order chi connectivity index (χ0) is 18.9. The third-order valence-corrected chi connectivity index (χ3v) is 4.31. The SMILES string of the molecule is CN(Cc1ccc(C(F)(F)F)cc1)Cc1cc(=O)n2cc(Br)ccc2n1. The summed E-state index contributed by atoms with van der Waals surface area (Å²) in [6.45, 7) is 0.850. The fraction of sp³-hybridized carbons (Fsp3) is 0.222. The molecule has 2 aromatic heterocycles. The Morgan fingerprint density at radius 2 is 1.81 bits per heavy atom. The van der Waals surface area contributed by atoms with E-state index >= 15 is 0 Å². The molecular formula is C18H15BrF3N3O. The molecule has 3 rings (SSSR count). The molecule has 1 aromatic carbocycles. The number of aromatic nitrogens is 2. The van der Waals surface area contributed by atoms with Crippen molar-refractivity contribution >= 4 is 21.6 Å². The Morgan fingerprint density at radius 3 is 2.46 bits per heavy atom. The molecule has 2 heterocycles. The second-order valence-corrected chi connectivity index (χ2v) is 6.94. The Morgan fingerprint density at radius 1 is 1.12 bits per heavy atom. The third-order valence-electron chi connectivity index (χ3n) is 3.84. The Hall–Kier alpha value is -2.19. The van der Waals surface area contributed by atoms with Crippen LogP contribution >= 0.6 is 15.9 Å². The highest BCUT2D eigenvalue weighted by atomic mass is 79.9. The van der Waals surface area contributed by atoms with Gasteiger partial charge >= 0.3 is 6.18 Å². The maximum Gasteiger partial charge on any atom is 0.416 e. The van der Waals surface area contributed by atoms with Gasteiger partial charge in [-0.05, 0) is 52.8 Å². The van der Waals surface area contributed by atoms with Gasteiger partial charge in [-0.25, -0.2) is 4.98 Å². The Labute approximate surface area is 156 Å². The zero-order valence-corrected chi connectivity index (χ0v) is 15.4. The molecule has 8 heteroatoms. The number of fused-ring (bicyclic) bond motifs is 1. The number of rotatable bonds is 4. The van der Waals surface area contributed by atoms with Crippen LogP contribution in [0.3, 0.4) is 0 Å². The van der Waals surface area contributed by atoms with Crippen molar-refractivity contribution in [3.8, 4) is 0 Å². The second kappa shape index (κ2) is 7.20. The van der Waals surface area contributed by atoms with Gasteiger partial charge in [-0.1, -0.05) is 12.1 Å². The Kier molecular flexibility index (Phi) is 5.15. The first-order valence-electron chi connectivity index (χ1n) is 7.75. The molecule has 0 saturated heterocycles. The second-order valence-electron chi connectivity index (χ2n) is 6.03. The summed E-state index contributed by atoms with van der Waals surface area (Å²) in [4.78, 5) is 18.5. The summed E-state index contributed by atoms with van der Waals surface area (Å²) < 4.78 is 40.0. The summed E-state index contributed by atoms with van der Waals surface area (Å²) in [7, 11) is 1.82. The van der Waals surface area contributed by atoms with Gasteiger partial charge in [0.05, 0.1) is 11.3 Å². The number of benzene rings is 1. The molecule has 0 unspecified atom stereocenters. The van der Waals surface area contributed by atoms with Crippen molar-refractivity contribution in [1.82, 2.24) is 14.3 Å². The van der Waals surface area contributed by atoms with Crippen LogP contribution in [-0.2, 0) is 19.3 Å². The minimum absolute atomic E-state index is 0.186. The lowest BCUT2D eigenvalue weighted by Gasteiger charge is -2.17. The normalized spacial score (nSPS) is 12.1. The molecule has 3 aromatic rings. The van der Waals surface area contributed by atoms with Crippen LogP contribution in [0.4, 0.5) is 13.2 Å². The number of alkyl halides is 3. The molecule has 0 aliphatic rings. The monoisotopic (exact) mass is 425 g/mol. The highest BCUT2D eigenvalue weighted by Crippen LogP contribution is 2.29. The number of hydrogen-bond donors (Lipinski definition) is 0. The van der Waals surface area contributed by atoms with E-state index in [9.17, 15) is 18.0 Å². The van der Waals surface area contributed by atoms with Crippen LogP contribution in [0.25, 0.3) is 5.65 Å².